The molecule has 0 aliphatic carbocycles. The molecule has 23 heavy (non-hydrogen) atoms. The van der Waals surface area contributed by atoms with Gasteiger partial charge in [-0.25, -0.2) is 9.79 Å². The Kier molecular flexibility index (Phi) is 4.20. The number of hydrogen-bond donors (Lipinski definition) is 0. The normalized spacial score (nSPS) is 15.4. The molecular formula is C16H9IN2O4. The number of nitro benzene ring substituents is 1. The number of nitro groups is 1. The summed E-state index contributed by atoms with van der Waals surface area (Å²) in [5.41, 5.74) is 1.51. The minimum Gasteiger partial charge on any atom is -0.402 e. The minimum atomic E-state index is -0.545. The zero-order valence-electron chi connectivity index (χ0n) is 11.6. The lowest BCUT2D eigenvalue weighted by atomic mass is 10.2. The summed E-state index contributed by atoms with van der Waals surface area (Å²) >= 11 is 2.20. The van der Waals surface area contributed by atoms with Gasteiger partial charge >= 0.3 is 5.97 Å². The van der Waals surface area contributed by atoms with E-state index in [4.69, 9.17) is 4.74 Å². The molecule has 114 valence electrons. The van der Waals surface area contributed by atoms with E-state index in [1.165, 1.54) is 24.3 Å². The van der Waals surface area contributed by atoms with Crippen molar-refractivity contribution in [1.29, 1.82) is 0 Å². The van der Waals surface area contributed by atoms with Crippen LogP contribution in [0.15, 0.2) is 59.2 Å². The Balaban J connectivity index is 1.88. The van der Waals surface area contributed by atoms with E-state index in [-0.39, 0.29) is 17.3 Å². The molecule has 0 N–H and O–H groups in total. The van der Waals surface area contributed by atoms with Crippen LogP contribution in [0.5, 0.6) is 0 Å². The number of nitrogens with zero attached hydrogens (tertiary/aromatic N) is 2. The maximum Gasteiger partial charge on any atom is 0.363 e. The lowest BCUT2D eigenvalue weighted by molar-refractivity contribution is -0.384. The van der Waals surface area contributed by atoms with Gasteiger partial charge in [0.15, 0.2) is 5.70 Å². The number of rotatable bonds is 3. The average Bonchev–Trinajstić information content (AvgIpc) is 2.91. The van der Waals surface area contributed by atoms with Gasteiger partial charge in [0, 0.05) is 21.3 Å². The summed E-state index contributed by atoms with van der Waals surface area (Å²) in [7, 11) is 0. The van der Waals surface area contributed by atoms with E-state index < -0.39 is 10.9 Å². The Bertz CT molecular complexity index is 839. The van der Waals surface area contributed by atoms with E-state index in [9.17, 15) is 14.9 Å². The second kappa shape index (κ2) is 6.29. The van der Waals surface area contributed by atoms with Crippen molar-refractivity contribution in [2.24, 2.45) is 4.99 Å². The number of aliphatic imine (C=N–C) groups is 1. The first-order valence-electron chi connectivity index (χ1n) is 6.56. The Hall–Kier alpha value is -2.55. The molecule has 0 amide bonds. The summed E-state index contributed by atoms with van der Waals surface area (Å²) in [6, 6.07) is 13.3. The van der Waals surface area contributed by atoms with Crippen LogP contribution >= 0.6 is 22.6 Å². The Labute approximate surface area is 144 Å². The van der Waals surface area contributed by atoms with E-state index in [1.807, 2.05) is 24.3 Å². The largest absolute Gasteiger partial charge is 0.402 e. The molecule has 0 aromatic heterocycles. The van der Waals surface area contributed by atoms with Crippen molar-refractivity contribution in [3.05, 3.63) is 79.0 Å². The fourth-order valence-corrected chi connectivity index (χ4v) is 2.33. The topological polar surface area (TPSA) is 81.8 Å². The van der Waals surface area contributed by atoms with E-state index >= 15 is 0 Å². The number of non-ortho nitro benzene ring substituents is 1. The van der Waals surface area contributed by atoms with Gasteiger partial charge in [-0.3, -0.25) is 10.1 Å². The van der Waals surface area contributed by atoms with Crippen LogP contribution in [0.25, 0.3) is 6.08 Å². The van der Waals surface area contributed by atoms with Crippen LogP contribution in [0.3, 0.4) is 0 Å². The number of hydrogen-bond acceptors (Lipinski definition) is 5. The highest BCUT2D eigenvalue weighted by molar-refractivity contribution is 14.1. The van der Waals surface area contributed by atoms with Crippen LogP contribution in [-0.4, -0.2) is 16.8 Å². The van der Waals surface area contributed by atoms with Gasteiger partial charge in [0.25, 0.3) is 5.69 Å². The molecule has 0 radical (unpaired) electrons. The summed E-state index contributed by atoms with van der Waals surface area (Å²) in [5, 5.41) is 10.6. The van der Waals surface area contributed by atoms with E-state index in [1.54, 1.807) is 6.08 Å². The van der Waals surface area contributed by atoms with E-state index in [2.05, 4.69) is 27.6 Å². The molecule has 7 heteroatoms. The Morgan fingerprint density at radius 3 is 2.35 bits per heavy atom. The predicted molar refractivity (Wildman–Crippen MR) is 92.9 cm³/mol. The molecule has 3 rings (SSSR count). The molecule has 0 saturated carbocycles. The second-order valence-electron chi connectivity index (χ2n) is 4.69. The maximum atomic E-state index is 11.9. The predicted octanol–water partition coefficient (Wildman–Crippen LogP) is 3.54. The first-order valence-corrected chi connectivity index (χ1v) is 7.64. The smallest absolute Gasteiger partial charge is 0.363 e. The molecule has 1 aliphatic heterocycles. The number of carbonyl (C=O) groups is 1. The molecule has 0 unspecified atom stereocenters. The van der Waals surface area contributed by atoms with Crippen LogP contribution < -0.4 is 0 Å². The number of ether oxygens (including phenoxy) is 1. The quantitative estimate of drug-likeness (QED) is 0.250. The third kappa shape index (κ3) is 3.45. The van der Waals surface area contributed by atoms with Crippen molar-refractivity contribution in [1.82, 2.24) is 0 Å². The van der Waals surface area contributed by atoms with Crippen LogP contribution in [0.4, 0.5) is 5.69 Å². The lowest BCUT2D eigenvalue weighted by Gasteiger charge is -1.98. The average molecular weight is 420 g/mol. The van der Waals surface area contributed by atoms with Crippen LogP contribution in [0, 0.1) is 13.7 Å². The summed E-state index contributed by atoms with van der Waals surface area (Å²) in [5.74, 6) is -0.404. The SMILES string of the molecule is O=C1OC(c2ccc([N+](=O)[O-])cc2)=NC1=Cc1ccc(I)cc1. The van der Waals surface area contributed by atoms with E-state index in [0.29, 0.717) is 5.56 Å². The van der Waals surface area contributed by atoms with Gasteiger partial charge in [-0.15, -0.1) is 0 Å². The monoisotopic (exact) mass is 420 g/mol. The van der Waals surface area contributed by atoms with Gasteiger partial charge in [-0.2, -0.15) is 0 Å². The summed E-state index contributed by atoms with van der Waals surface area (Å²) in [4.78, 5) is 26.2. The zero-order chi connectivity index (χ0) is 16.4. The molecule has 0 bridgehead atoms. The van der Waals surface area contributed by atoms with Gasteiger partial charge in [0.05, 0.1) is 4.92 Å². The second-order valence-corrected chi connectivity index (χ2v) is 5.94. The highest BCUT2D eigenvalue weighted by atomic mass is 127. The van der Waals surface area contributed by atoms with Crippen molar-refractivity contribution in [2.45, 2.75) is 0 Å². The van der Waals surface area contributed by atoms with Gasteiger partial charge in [0.1, 0.15) is 0 Å². The highest BCUT2D eigenvalue weighted by Crippen LogP contribution is 2.21. The molecule has 0 fully saturated rings. The first-order chi connectivity index (χ1) is 11.0. The van der Waals surface area contributed by atoms with Crippen molar-refractivity contribution >= 4 is 46.2 Å². The van der Waals surface area contributed by atoms with Crippen molar-refractivity contribution in [3.63, 3.8) is 0 Å². The summed E-state index contributed by atoms with van der Waals surface area (Å²) in [6.07, 6.45) is 1.64. The van der Waals surface area contributed by atoms with E-state index in [0.717, 1.165) is 9.13 Å². The molecule has 6 nitrogen and oxygen atoms in total. The third-order valence-corrected chi connectivity index (χ3v) is 3.84. The van der Waals surface area contributed by atoms with Crippen LogP contribution in [0.1, 0.15) is 11.1 Å². The number of esters is 1. The number of halogens is 1. The van der Waals surface area contributed by atoms with Gasteiger partial charge in [-0.05, 0) is 58.5 Å². The minimum absolute atomic E-state index is 0.0340. The molecule has 0 atom stereocenters. The molecule has 0 saturated heterocycles. The molecule has 1 aliphatic rings. The molecule has 2 aromatic carbocycles. The van der Waals surface area contributed by atoms with Crippen molar-refractivity contribution in [2.75, 3.05) is 0 Å². The van der Waals surface area contributed by atoms with Gasteiger partial charge in [-0.1, -0.05) is 12.1 Å². The van der Waals surface area contributed by atoms with Crippen molar-refractivity contribution in [3.8, 4) is 0 Å². The number of cyclic esters (lactones) is 1. The molecular weight excluding hydrogens is 411 g/mol. The first kappa shape index (κ1) is 15.3. The highest BCUT2D eigenvalue weighted by Gasteiger charge is 2.24. The molecule has 2 aromatic rings. The number of benzene rings is 2. The Morgan fingerprint density at radius 2 is 1.74 bits per heavy atom. The third-order valence-electron chi connectivity index (χ3n) is 3.12. The standard InChI is InChI=1S/C16H9IN2O4/c17-12-5-1-10(2-6-12)9-14-16(20)23-15(18-14)11-3-7-13(8-4-11)19(21)22/h1-9H. The van der Waals surface area contributed by atoms with Gasteiger partial charge < -0.3 is 4.74 Å². The fraction of sp³-hybridized carbons (Fsp3) is 0. The molecule has 0 spiro atoms. The number of carbonyl (C=O) groups excluding carboxylic acids is 1. The maximum absolute atomic E-state index is 11.9. The lowest BCUT2D eigenvalue weighted by Crippen LogP contribution is -2.05. The summed E-state index contributed by atoms with van der Waals surface area (Å²) in [6.45, 7) is 0. The van der Waals surface area contributed by atoms with Crippen molar-refractivity contribution < 1.29 is 14.5 Å². The molecule has 1 heterocycles. The van der Waals surface area contributed by atoms with Gasteiger partial charge in [0.2, 0.25) is 5.90 Å². The summed E-state index contributed by atoms with van der Waals surface area (Å²) < 4.78 is 6.22. The van der Waals surface area contributed by atoms with Crippen LogP contribution in [0.2, 0.25) is 0 Å². The fourth-order valence-electron chi connectivity index (χ4n) is 1.98. The zero-order valence-corrected chi connectivity index (χ0v) is 13.8. The van der Waals surface area contributed by atoms with Crippen LogP contribution in [-0.2, 0) is 9.53 Å². The Morgan fingerprint density at radius 1 is 1.09 bits per heavy atom.